The van der Waals surface area contributed by atoms with Crippen LogP contribution in [0, 0.1) is 0 Å². The fraction of sp³-hybridized carbons (Fsp3) is 1.00. The van der Waals surface area contributed by atoms with Gasteiger partial charge in [-0.15, -0.1) is 0 Å². The highest BCUT2D eigenvalue weighted by atomic mass is 28.5. The standard InChI is InChI=1S/C15H41NO3Si4/c1-15(2)16-13-12-14-23(17-20(3,4)5,18-21(6,7)8)19-22(9,10)11/h15-16H,12-14H2,1-11H3. The van der Waals surface area contributed by atoms with Crippen molar-refractivity contribution in [2.45, 2.75) is 91.3 Å². The first-order chi connectivity index (χ1) is 10.0. The zero-order valence-electron chi connectivity index (χ0n) is 17.4. The third-order valence-electron chi connectivity index (χ3n) is 2.60. The molecule has 4 nitrogen and oxygen atoms in total. The van der Waals surface area contributed by atoms with Crippen LogP contribution in [0.4, 0.5) is 0 Å². The van der Waals surface area contributed by atoms with Gasteiger partial charge >= 0.3 is 8.80 Å². The van der Waals surface area contributed by atoms with Gasteiger partial charge in [-0.1, -0.05) is 13.8 Å². The second-order valence-corrected chi connectivity index (χ2v) is 26.5. The van der Waals surface area contributed by atoms with Crippen LogP contribution in [0.25, 0.3) is 0 Å². The Balaban J connectivity index is 5.28. The zero-order chi connectivity index (χ0) is 18.5. The molecule has 0 aromatic carbocycles. The van der Waals surface area contributed by atoms with Crippen molar-refractivity contribution < 1.29 is 12.3 Å². The summed E-state index contributed by atoms with van der Waals surface area (Å²) in [6, 6.07) is 1.44. The SMILES string of the molecule is CC(C)NCCC[Si](O[Si](C)(C)C)(O[Si](C)(C)C)O[Si](C)(C)C. The van der Waals surface area contributed by atoms with Crippen molar-refractivity contribution in [1.29, 1.82) is 0 Å². The van der Waals surface area contributed by atoms with Crippen LogP contribution < -0.4 is 5.32 Å². The summed E-state index contributed by atoms with van der Waals surface area (Å²) < 4.78 is 20.0. The molecule has 0 bridgehead atoms. The predicted octanol–water partition coefficient (Wildman–Crippen LogP) is 4.87. The molecule has 140 valence electrons. The van der Waals surface area contributed by atoms with Crippen molar-refractivity contribution in [2.75, 3.05) is 6.54 Å². The van der Waals surface area contributed by atoms with Crippen LogP contribution in [0.2, 0.25) is 65.0 Å². The molecule has 0 atom stereocenters. The predicted molar refractivity (Wildman–Crippen MR) is 112 cm³/mol. The van der Waals surface area contributed by atoms with Crippen molar-refractivity contribution in [3.63, 3.8) is 0 Å². The molecule has 0 saturated carbocycles. The van der Waals surface area contributed by atoms with Crippen LogP contribution >= 0.6 is 0 Å². The molecule has 0 aromatic rings. The highest BCUT2D eigenvalue weighted by Gasteiger charge is 2.49. The van der Waals surface area contributed by atoms with Gasteiger partial charge in [-0.25, -0.2) is 0 Å². The molecule has 0 unspecified atom stereocenters. The molecule has 1 N–H and O–H groups in total. The maximum Gasteiger partial charge on any atom is 0.469 e. The van der Waals surface area contributed by atoms with Crippen molar-refractivity contribution in [1.82, 2.24) is 5.32 Å². The highest BCUT2D eigenvalue weighted by Crippen LogP contribution is 2.29. The van der Waals surface area contributed by atoms with Gasteiger partial charge < -0.3 is 17.7 Å². The number of nitrogens with one attached hydrogen (secondary N) is 1. The molecule has 0 aliphatic rings. The van der Waals surface area contributed by atoms with Gasteiger partial charge in [-0.2, -0.15) is 0 Å². The Bertz CT molecular complexity index is 305. The van der Waals surface area contributed by atoms with Crippen LogP contribution in [0.5, 0.6) is 0 Å². The molecule has 0 amide bonds. The lowest BCUT2D eigenvalue weighted by molar-refractivity contribution is 0.250. The molecule has 8 heteroatoms. The Morgan fingerprint density at radius 1 is 0.696 bits per heavy atom. The van der Waals surface area contributed by atoms with E-state index in [9.17, 15) is 0 Å². The van der Waals surface area contributed by atoms with Crippen LogP contribution in [0.1, 0.15) is 20.3 Å². The van der Waals surface area contributed by atoms with Gasteiger partial charge in [0.05, 0.1) is 0 Å². The first-order valence-electron chi connectivity index (χ1n) is 8.88. The molecule has 0 radical (unpaired) electrons. The summed E-state index contributed by atoms with van der Waals surface area (Å²) in [7, 11) is -7.84. The lowest BCUT2D eigenvalue weighted by Gasteiger charge is -2.43. The highest BCUT2D eigenvalue weighted by molar-refractivity contribution is 6.90. The number of hydrogen-bond donors (Lipinski definition) is 1. The van der Waals surface area contributed by atoms with E-state index in [2.05, 4.69) is 78.1 Å². The van der Waals surface area contributed by atoms with Gasteiger partial charge in [-0.3, -0.25) is 0 Å². The lowest BCUT2D eigenvalue weighted by Crippen LogP contribution is -2.60. The fourth-order valence-electron chi connectivity index (χ4n) is 2.31. The van der Waals surface area contributed by atoms with E-state index in [4.69, 9.17) is 12.3 Å². The third kappa shape index (κ3) is 13.7. The minimum atomic E-state index is -2.63. The van der Waals surface area contributed by atoms with Gasteiger partial charge in [0.25, 0.3) is 0 Å². The fourth-order valence-corrected chi connectivity index (χ4v) is 17.0. The van der Waals surface area contributed by atoms with Gasteiger partial charge in [0.15, 0.2) is 25.0 Å². The Morgan fingerprint density at radius 3 is 1.30 bits per heavy atom. The Hall–Kier alpha value is 0.708. The van der Waals surface area contributed by atoms with E-state index >= 15 is 0 Å². The molecule has 0 heterocycles. The summed E-state index contributed by atoms with van der Waals surface area (Å²) in [5.74, 6) is 0. The van der Waals surface area contributed by atoms with E-state index in [-0.39, 0.29) is 0 Å². The molecular weight excluding hydrogens is 355 g/mol. The monoisotopic (exact) mass is 395 g/mol. The summed E-state index contributed by atoms with van der Waals surface area (Å²) in [5, 5.41) is 3.50. The molecule has 0 saturated heterocycles. The molecule has 0 fully saturated rings. The smallest absolute Gasteiger partial charge is 0.417 e. The van der Waals surface area contributed by atoms with Crippen LogP contribution in [-0.4, -0.2) is 46.3 Å². The normalized spacial score (nSPS) is 14.6. The van der Waals surface area contributed by atoms with Crippen molar-refractivity contribution in [2.24, 2.45) is 0 Å². The quantitative estimate of drug-likeness (QED) is 0.400. The molecule has 0 aromatic heterocycles. The largest absolute Gasteiger partial charge is 0.469 e. The molecule has 0 aliphatic carbocycles. The minimum Gasteiger partial charge on any atom is -0.417 e. The second-order valence-electron chi connectivity index (χ2n) is 9.54. The summed E-state index contributed by atoms with van der Waals surface area (Å²) in [4.78, 5) is 0. The first-order valence-corrected chi connectivity index (χ1v) is 21.0. The maximum absolute atomic E-state index is 6.66. The maximum atomic E-state index is 6.66. The Labute approximate surface area is 149 Å². The topological polar surface area (TPSA) is 39.7 Å². The Morgan fingerprint density at radius 2 is 1.04 bits per heavy atom. The first kappa shape index (κ1) is 23.7. The van der Waals surface area contributed by atoms with E-state index in [0.29, 0.717) is 6.04 Å². The molecule has 0 rings (SSSR count). The number of hydrogen-bond acceptors (Lipinski definition) is 4. The average Bonchev–Trinajstić information content (AvgIpc) is 2.16. The molecule has 0 aliphatic heterocycles. The average molecular weight is 396 g/mol. The zero-order valence-corrected chi connectivity index (χ0v) is 21.4. The Kier molecular flexibility index (Phi) is 9.16. The number of rotatable bonds is 11. The van der Waals surface area contributed by atoms with Crippen LogP contribution in [-0.2, 0) is 12.3 Å². The van der Waals surface area contributed by atoms with Gasteiger partial charge in [0.1, 0.15) is 0 Å². The van der Waals surface area contributed by atoms with E-state index in [1.165, 1.54) is 0 Å². The van der Waals surface area contributed by atoms with E-state index in [1.54, 1.807) is 0 Å². The summed E-state index contributed by atoms with van der Waals surface area (Å²) in [6.07, 6.45) is 1.05. The van der Waals surface area contributed by atoms with Gasteiger partial charge in [0, 0.05) is 12.1 Å². The molecular formula is C15H41NO3Si4. The minimum absolute atomic E-state index is 0.514. The van der Waals surface area contributed by atoms with Crippen LogP contribution in [0.3, 0.4) is 0 Å². The summed E-state index contributed by atoms with van der Waals surface area (Å²) in [6.45, 7) is 25.5. The van der Waals surface area contributed by atoms with E-state index in [1.807, 2.05) is 0 Å². The van der Waals surface area contributed by atoms with Crippen LogP contribution in [0.15, 0.2) is 0 Å². The van der Waals surface area contributed by atoms with Crippen molar-refractivity contribution >= 4 is 33.8 Å². The molecule has 23 heavy (non-hydrogen) atoms. The van der Waals surface area contributed by atoms with E-state index in [0.717, 1.165) is 19.0 Å². The summed E-state index contributed by atoms with van der Waals surface area (Å²) in [5.41, 5.74) is 0. The van der Waals surface area contributed by atoms with E-state index < -0.39 is 33.8 Å². The van der Waals surface area contributed by atoms with Gasteiger partial charge in [-0.05, 0) is 71.9 Å². The molecule has 0 spiro atoms. The van der Waals surface area contributed by atoms with Crippen molar-refractivity contribution in [3.05, 3.63) is 0 Å². The second kappa shape index (κ2) is 8.88. The van der Waals surface area contributed by atoms with Crippen molar-refractivity contribution in [3.8, 4) is 0 Å². The third-order valence-corrected chi connectivity index (χ3v) is 14.6. The summed E-state index contributed by atoms with van der Waals surface area (Å²) >= 11 is 0. The van der Waals surface area contributed by atoms with Gasteiger partial charge in [0.2, 0.25) is 0 Å². The lowest BCUT2D eigenvalue weighted by atomic mass is 10.4.